The molecule has 2 atom stereocenters. The number of rotatable bonds is 7. The summed E-state index contributed by atoms with van der Waals surface area (Å²) in [7, 11) is 0. The fourth-order valence-corrected chi connectivity index (χ4v) is 1.67. The topological polar surface area (TPSA) is 55.8 Å². The Bertz CT molecular complexity index is 187. The highest BCUT2D eigenvalue weighted by Crippen LogP contribution is 2.14. The zero-order valence-corrected chi connectivity index (χ0v) is 9.28. The molecule has 1 N–H and O–H groups in total. The molecule has 4 nitrogen and oxygen atoms in total. The van der Waals surface area contributed by atoms with Crippen LogP contribution in [0.4, 0.5) is 0 Å². The van der Waals surface area contributed by atoms with Gasteiger partial charge in [-0.3, -0.25) is 0 Å². The molecule has 0 aromatic rings. The number of aliphatic carboxylic acids is 1. The molecule has 1 heterocycles. The molecule has 0 saturated carbocycles. The van der Waals surface area contributed by atoms with Crippen LogP contribution in [0.3, 0.4) is 0 Å². The van der Waals surface area contributed by atoms with E-state index in [1.807, 2.05) is 6.92 Å². The summed E-state index contributed by atoms with van der Waals surface area (Å²) in [6, 6.07) is 0. The molecular formula is C11H20O4. The van der Waals surface area contributed by atoms with Crippen molar-refractivity contribution < 1.29 is 19.4 Å². The van der Waals surface area contributed by atoms with Gasteiger partial charge in [0.1, 0.15) is 0 Å². The molecule has 88 valence electrons. The maximum absolute atomic E-state index is 10.8. The number of carboxylic acid groups (broad SMARTS) is 1. The summed E-state index contributed by atoms with van der Waals surface area (Å²) in [5, 5.41) is 8.91. The smallest absolute Gasteiger partial charge is 0.332 e. The van der Waals surface area contributed by atoms with Crippen molar-refractivity contribution in [2.24, 2.45) is 0 Å². The summed E-state index contributed by atoms with van der Waals surface area (Å²) in [6.07, 6.45) is 3.97. The molecule has 1 fully saturated rings. The van der Waals surface area contributed by atoms with Gasteiger partial charge in [-0.25, -0.2) is 4.79 Å². The quantitative estimate of drug-likeness (QED) is 0.705. The third-order valence-corrected chi connectivity index (χ3v) is 2.60. The third kappa shape index (κ3) is 4.62. The van der Waals surface area contributed by atoms with Crippen LogP contribution >= 0.6 is 0 Å². The Balaban J connectivity index is 2.20. The number of carboxylic acids is 1. The van der Waals surface area contributed by atoms with Crippen molar-refractivity contribution >= 4 is 5.97 Å². The van der Waals surface area contributed by atoms with Gasteiger partial charge in [-0.05, 0) is 19.3 Å². The van der Waals surface area contributed by atoms with Crippen molar-refractivity contribution in [1.82, 2.24) is 0 Å². The lowest BCUT2D eigenvalue weighted by atomic mass is 10.1. The predicted molar refractivity (Wildman–Crippen MR) is 55.9 cm³/mol. The molecule has 0 bridgehead atoms. The number of carbonyl (C=O) groups is 1. The lowest BCUT2D eigenvalue weighted by molar-refractivity contribution is -0.153. The van der Waals surface area contributed by atoms with Gasteiger partial charge in [0, 0.05) is 6.61 Å². The van der Waals surface area contributed by atoms with E-state index >= 15 is 0 Å². The molecule has 2 unspecified atom stereocenters. The molecule has 0 spiro atoms. The summed E-state index contributed by atoms with van der Waals surface area (Å²) in [6.45, 7) is 3.24. The first kappa shape index (κ1) is 12.5. The average molecular weight is 216 g/mol. The highest BCUT2D eigenvalue weighted by molar-refractivity contribution is 5.72. The Morgan fingerprint density at radius 1 is 1.67 bits per heavy atom. The van der Waals surface area contributed by atoms with E-state index in [9.17, 15) is 4.79 Å². The minimum Gasteiger partial charge on any atom is -0.479 e. The van der Waals surface area contributed by atoms with Gasteiger partial charge in [-0.15, -0.1) is 0 Å². The van der Waals surface area contributed by atoms with E-state index in [-0.39, 0.29) is 6.10 Å². The molecule has 1 aliphatic rings. The largest absolute Gasteiger partial charge is 0.479 e. The Hall–Kier alpha value is -0.610. The molecule has 0 aliphatic carbocycles. The van der Waals surface area contributed by atoms with E-state index in [2.05, 4.69) is 0 Å². The second-order valence-corrected chi connectivity index (χ2v) is 3.94. The van der Waals surface area contributed by atoms with Crippen LogP contribution < -0.4 is 0 Å². The SMILES string of the molecule is CCCCC(OCC1CCCO1)C(=O)O. The first-order chi connectivity index (χ1) is 7.24. The standard InChI is InChI=1S/C11H20O4/c1-2-3-6-10(11(12)13)15-8-9-5-4-7-14-9/h9-10H,2-8H2,1H3,(H,12,13). The van der Waals surface area contributed by atoms with Crippen molar-refractivity contribution in [3.05, 3.63) is 0 Å². The minimum absolute atomic E-state index is 0.105. The van der Waals surface area contributed by atoms with Crippen LogP contribution in [0, 0.1) is 0 Å². The van der Waals surface area contributed by atoms with Gasteiger partial charge in [0.25, 0.3) is 0 Å². The third-order valence-electron chi connectivity index (χ3n) is 2.60. The summed E-state index contributed by atoms with van der Waals surface area (Å²) in [4.78, 5) is 10.8. The van der Waals surface area contributed by atoms with E-state index in [1.54, 1.807) is 0 Å². The maximum Gasteiger partial charge on any atom is 0.332 e. The summed E-state index contributed by atoms with van der Waals surface area (Å²) in [5.41, 5.74) is 0. The number of hydrogen-bond donors (Lipinski definition) is 1. The second-order valence-electron chi connectivity index (χ2n) is 3.94. The van der Waals surface area contributed by atoms with Crippen LogP contribution in [0.5, 0.6) is 0 Å². The molecule has 15 heavy (non-hydrogen) atoms. The van der Waals surface area contributed by atoms with Crippen molar-refractivity contribution in [2.45, 2.75) is 51.2 Å². The molecule has 1 aliphatic heterocycles. The summed E-state index contributed by atoms with van der Waals surface area (Å²) >= 11 is 0. The van der Waals surface area contributed by atoms with Crippen LogP contribution in [0.1, 0.15) is 39.0 Å². The first-order valence-electron chi connectivity index (χ1n) is 5.70. The number of hydrogen-bond acceptors (Lipinski definition) is 3. The van der Waals surface area contributed by atoms with E-state index in [0.717, 1.165) is 32.3 Å². The van der Waals surface area contributed by atoms with Gasteiger partial charge < -0.3 is 14.6 Å². The summed E-state index contributed by atoms with van der Waals surface area (Å²) in [5.74, 6) is -0.860. The zero-order chi connectivity index (χ0) is 11.1. The van der Waals surface area contributed by atoms with Crippen molar-refractivity contribution in [2.75, 3.05) is 13.2 Å². The first-order valence-corrected chi connectivity index (χ1v) is 5.70. The maximum atomic E-state index is 10.8. The lowest BCUT2D eigenvalue weighted by Gasteiger charge is -2.16. The minimum atomic E-state index is -0.860. The molecule has 1 saturated heterocycles. The van der Waals surface area contributed by atoms with Gasteiger partial charge in [0.05, 0.1) is 12.7 Å². The molecular weight excluding hydrogens is 196 g/mol. The molecule has 4 heteroatoms. The lowest BCUT2D eigenvalue weighted by Crippen LogP contribution is -2.28. The summed E-state index contributed by atoms with van der Waals surface area (Å²) < 4.78 is 10.7. The normalized spacial score (nSPS) is 22.9. The highest BCUT2D eigenvalue weighted by atomic mass is 16.6. The Kier molecular flexibility index (Phi) is 5.65. The van der Waals surface area contributed by atoms with Gasteiger partial charge >= 0.3 is 5.97 Å². The van der Waals surface area contributed by atoms with Crippen molar-refractivity contribution in [1.29, 1.82) is 0 Å². The fraction of sp³-hybridized carbons (Fsp3) is 0.909. The van der Waals surface area contributed by atoms with Crippen LogP contribution in [-0.4, -0.2) is 36.5 Å². The highest BCUT2D eigenvalue weighted by Gasteiger charge is 2.21. The van der Waals surface area contributed by atoms with Gasteiger partial charge in [-0.1, -0.05) is 19.8 Å². The van der Waals surface area contributed by atoms with E-state index in [1.165, 1.54) is 0 Å². The molecule has 0 aromatic heterocycles. The van der Waals surface area contributed by atoms with E-state index in [4.69, 9.17) is 14.6 Å². The predicted octanol–water partition coefficient (Wildman–Crippen LogP) is 1.83. The van der Waals surface area contributed by atoms with E-state index < -0.39 is 12.1 Å². The van der Waals surface area contributed by atoms with Crippen LogP contribution in [-0.2, 0) is 14.3 Å². The Morgan fingerprint density at radius 2 is 2.47 bits per heavy atom. The number of ether oxygens (including phenoxy) is 2. The van der Waals surface area contributed by atoms with Crippen molar-refractivity contribution in [3.8, 4) is 0 Å². The van der Waals surface area contributed by atoms with Crippen molar-refractivity contribution in [3.63, 3.8) is 0 Å². The van der Waals surface area contributed by atoms with E-state index in [0.29, 0.717) is 13.0 Å². The molecule has 0 radical (unpaired) electrons. The van der Waals surface area contributed by atoms with Crippen LogP contribution in [0.25, 0.3) is 0 Å². The monoisotopic (exact) mass is 216 g/mol. The molecule has 0 aromatic carbocycles. The number of unbranched alkanes of at least 4 members (excludes halogenated alkanes) is 1. The van der Waals surface area contributed by atoms with Gasteiger partial charge in [-0.2, -0.15) is 0 Å². The Morgan fingerprint density at radius 3 is 3.00 bits per heavy atom. The second kappa shape index (κ2) is 6.80. The molecule has 0 amide bonds. The fourth-order valence-electron chi connectivity index (χ4n) is 1.67. The van der Waals surface area contributed by atoms with Gasteiger partial charge in [0.2, 0.25) is 0 Å². The average Bonchev–Trinajstić information content (AvgIpc) is 2.70. The molecule has 1 rings (SSSR count). The van der Waals surface area contributed by atoms with Crippen LogP contribution in [0.15, 0.2) is 0 Å². The van der Waals surface area contributed by atoms with Crippen LogP contribution in [0.2, 0.25) is 0 Å². The zero-order valence-electron chi connectivity index (χ0n) is 9.28. The van der Waals surface area contributed by atoms with Gasteiger partial charge in [0.15, 0.2) is 6.10 Å². The Labute approximate surface area is 90.6 Å².